The summed E-state index contributed by atoms with van der Waals surface area (Å²) < 4.78 is 31.5. The van der Waals surface area contributed by atoms with Crippen molar-refractivity contribution in [3.63, 3.8) is 0 Å². The van der Waals surface area contributed by atoms with Gasteiger partial charge in [0.2, 0.25) is 10.0 Å². The number of hydrogen-bond donors (Lipinski definition) is 2. The zero-order chi connectivity index (χ0) is 14.3. The van der Waals surface area contributed by atoms with Crippen molar-refractivity contribution in [1.82, 2.24) is 4.72 Å². The summed E-state index contributed by atoms with van der Waals surface area (Å²) >= 11 is 0. The second-order valence-corrected chi connectivity index (χ2v) is 6.42. The average molecular weight is 286 g/mol. The molecule has 1 aromatic carbocycles. The molecule has 0 amide bonds. The molecule has 19 heavy (non-hydrogen) atoms. The molecule has 1 aromatic rings. The summed E-state index contributed by atoms with van der Waals surface area (Å²) in [7, 11) is -3.29. The first kappa shape index (κ1) is 15.8. The fraction of sp³-hybridized carbons (Fsp3) is 0.538. The fourth-order valence-electron chi connectivity index (χ4n) is 1.73. The van der Waals surface area contributed by atoms with E-state index in [0.717, 1.165) is 12.8 Å². The second kappa shape index (κ2) is 7.35. The largest absolute Gasteiger partial charge is 0.492 e. The molecule has 108 valence electrons. The number of hydrogen-bond acceptors (Lipinski definition) is 4. The Morgan fingerprint density at radius 1 is 1.42 bits per heavy atom. The van der Waals surface area contributed by atoms with Crippen LogP contribution in [0.3, 0.4) is 0 Å². The molecule has 5 nitrogen and oxygen atoms in total. The van der Waals surface area contributed by atoms with E-state index in [4.69, 9.17) is 10.5 Å². The monoisotopic (exact) mass is 286 g/mol. The van der Waals surface area contributed by atoms with Crippen molar-refractivity contribution < 1.29 is 13.2 Å². The molecule has 1 atom stereocenters. The van der Waals surface area contributed by atoms with Gasteiger partial charge in [-0.3, -0.25) is 0 Å². The average Bonchev–Trinajstić information content (AvgIpc) is 2.28. The van der Waals surface area contributed by atoms with Crippen molar-refractivity contribution in [3.05, 3.63) is 24.3 Å². The molecular weight excluding hydrogens is 264 g/mol. The summed E-state index contributed by atoms with van der Waals surface area (Å²) in [6.07, 6.45) is 1.78. The molecule has 3 N–H and O–H groups in total. The van der Waals surface area contributed by atoms with Crippen LogP contribution in [0.5, 0.6) is 5.75 Å². The van der Waals surface area contributed by atoms with Gasteiger partial charge in [-0.2, -0.15) is 0 Å². The highest BCUT2D eigenvalue weighted by Crippen LogP contribution is 2.14. The SMILES string of the molecule is CCCC(C)NS(=O)(=O)CCOc1cccc(N)c1. The van der Waals surface area contributed by atoms with E-state index in [9.17, 15) is 8.42 Å². The van der Waals surface area contributed by atoms with E-state index in [1.54, 1.807) is 24.3 Å². The van der Waals surface area contributed by atoms with Crippen LogP contribution in [0.25, 0.3) is 0 Å². The number of nitrogen functional groups attached to an aromatic ring is 1. The third-order valence-corrected chi connectivity index (χ3v) is 4.05. The van der Waals surface area contributed by atoms with Gasteiger partial charge in [0.1, 0.15) is 12.4 Å². The highest BCUT2D eigenvalue weighted by Gasteiger charge is 2.13. The number of ether oxygens (including phenoxy) is 1. The van der Waals surface area contributed by atoms with Crippen LogP contribution in [-0.2, 0) is 10.0 Å². The molecule has 6 heteroatoms. The Morgan fingerprint density at radius 2 is 2.16 bits per heavy atom. The van der Waals surface area contributed by atoms with Crippen molar-refractivity contribution in [1.29, 1.82) is 0 Å². The molecule has 0 aromatic heterocycles. The van der Waals surface area contributed by atoms with E-state index in [2.05, 4.69) is 4.72 Å². The van der Waals surface area contributed by atoms with Gasteiger partial charge >= 0.3 is 0 Å². The van der Waals surface area contributed by atoms with E-state index in [-0.39, 0.29) is 18.4 Å². The number of sulfonamides is 1. The quantitative estimate of drug-likeness (QED) is 0.713. The molecule has 0 radical (unpaired) electrons. The number of anilines is 1. The van der Waals surface area contributed by atoms with E-state index in [0.29, 0.717) is 11.4 Å². The molecule has 0 saturated heterocycles. The molecule has 1 rings (SSSR count). The first-order valence-corrected chi connectivity index (χ1v) is 8.06. The van der Waals surface area contributed by atoms with Gasteiger partial charge in [0.05, 0.1) is 5.75 Å². The third-order valence-electron chi connectivity index (χ3n) is 2.58. The lowest BCUT2D eigenvalue weighted by Gasteiger charge is -2.13. The number of nitrogens with two attached hydrogens (primary N) is 1. The lowest BCUT2D eigenvalue weighted by molar-refractivity contribution is 0.340. The smallest absolute Gasteiger partial charge is 0.215 e. The van der Waals surface area contributed by atoms with Crippen molar-refractivity contribution in [2.75, 3.05) is 18.1 Å². The molecule has 0 aliphatic rings. The van der Waals surface area contributed by atoms with E-state index < -0.39 is 10.0 Å². The first-order chi connectivity index (χ1) is 8.93. The lowest BCUT2D eigenvalue weighted by Crippen LogP contribution is -2.35. The number of nitrogens with one attached hydrogen (secondary N) is 1. The highest BCUT2D eigenvalue weighted by atomic mass is 32.2. The predicted octanol–water partition coefficient (Wildman–Crippen LogP) is 1.76. The van der Waals surface area contributed by atoms with Crippen LogP contribution in [0.2, 0.25) is 0 Å². The maximum absolute atomic E-state index is 11.8. The molecular formula is C13H22N2O3S. The molecule has 0 spiro atoms. The first-order valence-electron chi connectivity index (χ1n) is 6.41. The predicted molar refractivity (Wildman–Crippen MR) is 77.6 cm³/mol. The molecule has 1 unspecified atom stereocenters. The Bertz CT molecular complexity index is 488. The second-order valence-electron chi connectivity index (χ2n) is 4.55. The topological polar surface area (TPSA) is 81.4 Å². The van der Waals surface area contributed by atoms with Gasteiger partial charge in [0.15, 0.2) is 0 Å². The summed E-state index contributed by atoms with van der Waals surface area (Å²) in [4.78, 5) is 0. The van der Waals surface area contributed by atoms with Crippen LogP contribution in [0, 0.1) is 0 Å². The fourth-order valence-corrected chi connectivity index (χ4v) is 2.88. The van der Waals surface area contributed by atoms with E-state index in [1.165, 1.54) is 0 Å². The minimum Gasteiger partial charge on any atom is -0.492 e. The Balaban J connectivity index is 2.39. The summed E-state index contributed by atoms with van der Waals surface area (Å²) in [5, 5.41) is 0. The van der Waals surface area contributed by atoms with Gasteiger partial charge in [0.25, 0.3) is 0 Å². The molecule has 0 heterocycles. The minimum atomic E-state index is -3.29. The zero-order valence-corrected chi connectivity index (χ0v) is 12.2. The van der Waals surface area contributed by atoms with Crippen molar-refractivity contribution in [2.45, 2.75) is 32.7 Å². The van der Waals surface area contributed by atoms with Gasteiger partial charge in [-0.05, 0) is 25.5 Å². The normalized spacial score (nSPS) is 13.2. The highest BCUT2D eigenvalue weighted by molar-refractivity contribution is 7.89. The van der Waals surface area contributed by atoms with Crippen LogP contribution in [-0.4, -0.2) is 26.8 Å². The lowest BCUT2D eigenvalue weighted by atomic mass is 10.2. The third kappa shape index (κ3) is 6.45. The maximum atomic E-state index is 11.8. The van der Waals surface area contributed by atoms with Crippen molar-refractivity contribution in [2.24, 2.45) is 0 Å². The molecule has 0 fully saturated rings. The molecule has 0 aliphatic heterocycles. The van der Waals surface area contributed by atoms with Crippen LogP contribution >= 0.6 is 0 Å². The Hall–Kier alpha value is -1.27. The summed E-state index contributed by atoms with van der Waals surface area (Å²) in [6.45, 7) is 3.99. The Labute approximate surface area is 115 Å². The summed E-state index contributed by atoms with van der Waals surface area (Å²) in [5.74, 6) is 0.521. The summed E-state index contributed by atoms with van der Waals surface area (Å²) in [6, 6.07) is 6.89. The molecule has 0 bridgehead atoms. The standard InChI is InChI=1S/C13H22N2O3S/c1-3-5-11(2)15-19(16,17)9-8-18-13-7-4-6-12(14)10-13/h4,6-7,10-11,15H,3,5,8-9,14H2,1-2H3. The number of benzene rings is 1. The van der Waals surface area contributed by atoms with Crippen LogP contribution in [0.4, 0.5) is 5.69 Å². The Morgan fingerprint density at radius 3 is 2.79 bits per heavy atom. The van der Waals surface area contributed by atoms with Gasteiger partial charge in [-0.1, -0.05) is 19.4 Å². The van der Waals surface area contributed by atoms with Crippen molar-refractivity contribution >= 4 is 15.7 Å². The van der Waals surface area contributed by atoms with E-state index in [1.807, 2.05) is 13.8 Å². The van der Waals surface area contributed by atoms with Gasteiger partial charge in [0, 0.05) is 17.8 Å². The number of rotatable bonds is 8. The maximum Gasteiger partial charge on any atom is 0.215 e. The van der Waals surface area contributed by atoms with Crippen LogP contribution < -0.4 is 15.2 Å². The van der Waals surface area contributed by atoms with Gasteiger partial charge < -0.3 is 10.5 Å². The van der Waals surface area contributed by atoms with Gasteiger partial charge in [-0.15, -0.1) is 0 Å². The Kier molecular flexibility index (Phi) is 6.11. The van der Waals surface area contributed by atoms with Crippen LogP contribution in [0.1, 0.15) is 26.7 Å². The molecule has 0 aliphatic carbocycles. The van der Waals surface area contributed by atoms with Gasteiger partial charge in [-0.25, -0.2) is 13.1 Å². The summed E-state index contributed by atoms with van der Waals surface area (Å²) in [5.41, 5.74) is 6.20. The van der Waals surface area contributed by atoms with Crippen molar-refractivity contribution in [3.8, 4) is 5.75 Å². The zero-order valence-electron chi connectivity index (χ0n) is 11.4. The molecule has 0 saturated carbocycles. The van der Waals surface area contributed by atoms with Crippen LogP contribution in [0.15, 0.2) is 24.3 Å². The van der Waals surface area contributed by atoms with E-state index >= 15 is 0 Å². The minimum absolute atomic E-state index is 0.0395.